The highest BCUT2D eigenvalue weighted by Crippen LogP contribution is 2.25. The Morgan fingerprint density at radius 1 is 1.50 bits per heavy atom. The molecule has 0 saturated carbocycles. The van der Waals surface area contributed by atoms with Gasteiger partial charge in [-0.25, -0.2) is 0 Å². The van der Waals surface area contributed by atoms with E-state index >= 15 is 0 Å². The van der Waals surface area contributed by atoms with E-state index < -0.39 is 0 Å². The zero-order chi connectivity index (χ0) is 6.97. The molecule has 10 heavy (non-hydrogen) atoms. The summed E-state index contributed by atoms with van der Waals surface area (Å²) in [5, 5.41) is 7.37. The summed E-state index contributed by atoms with van der Waals surface area (Å²) in [5.74, 6) is 0.495. The minimum absolute atomic E-state index is 0.495. The predicted molar refractivity (Wildman–Crippen MR) is 38.3 cm³/mol. The SMILES string of the molecule is Nc1nncc2c1CC=N2. The third-order valence-corrected chi connectivity index (χ3v) is 1.49. The van der Waals surface area contributed by atoms with Crippen molar-refractivity contribution in [2.45, 2.75) is 6.42 Å². The van der Waals surface area contributed by atoms with Crippen molar-refractivity contribution in [1.82, 2.24) is 10.2 Å². The number of hydrogen-bond acceptors (Lipinski definition) is 4. The highest BCUT2D eigenvalue weighted by atomic mass is 15.1. The lowest BCUT2D eigenvalue weighted by Crippen LogP contribution is -1.96. The first kappa shape index (κ1) is 5.34. The second-order valence-electron chi connectivity index (χ2n) is 2.11. The highest BCUT2D eigenvalue weighted by molar-refractivity contribution is 5.78. The molecule has 0 aromatic carbocycles. The second kappa shape index (κ2) is 1.76. The predicted octanol–water partition coefficient (Wildman–Crippen LogP) is 0.317. The average molecular weight is 134 g/mol. The van der Waals surface area contributed by atoms with Crippen LogP contribution in [-0.2, 0) is 6.42 Å². The van der Waals surface area contributed by atoms with E-state index in [2.05, 4.69) is 15.2 Å². The molecule has 2 rings (SSSR count). The van der Waals surface area contributed by atoms with Crippen molar-refractivity contribution in [3.63, 3.8) is 0 Å². The molecule has 0 saturated heterocycles. The molecule has 0 aliphatic carbocycles. The molecule has 1 aromatic heterocycles. The fourth-order valence-electron chi connectivity index (χ4n) is 0.971. The van der Waals surface area contributed by atoms with Gasteiger partial charge in [0.05, 0.1) is 11.9 Å². The third kappa shape index (κ3) is 0.586. The van der Waals surface area contributed by atoms with E-state index in [0.29, 0.717) is 5.82 Å². The van der Waals surface area contributed by atoms with Gasteiger partial charge >= 0.3 is 0 Å². The van der Waals surface area contributed by atoms with Crippen LogP contribution in [0.1, 0.15) is 5.56 Å². The Hall–Kier alpha value is -1.45. The molecule has 0 unspecified atom stereocenters. The molecule has 1 aromatic rings. The Morgan fingerprint density at radius 2 is 2.40 bits per heavy atom. The fraction of sp³-hybridized carbons (Fsp3) is 0.167. The molecule has 4 nitrogen and oxygen atoms in total. The lowest BCUT2D eigenvalue weighted by molar-refractivity contribution is 1.03. The van der Waals surface area contributed by atoms with Crippen LogP contribution in [0.2, 0.25) is 0 Å². The summed E-state index contributed by atoms with van der Waals surface area (Å²) in [6.45, 7) is 0. The van der Waals surface area contributed by atoms with Gasteiger partial charge in [-0.2, -0.15) is 5.10 Å². The van der Waals surface area contributed by atoms with Gasteiger partial charge in [0.15, 0.2) is 5.82 Å². The van der Waals surface area contributed by atoms with Crippen LogP contribution in [0.4, 0.5) is 11.5 Å². The minimum atomic E-state index is 0.495. The van der Waals surface area contributed by atoms with Crippen LogP contribution < -0.4 is 5.73 Å². The maximum Gasteiger partial charge on any atom is 0.151 e. The smallest absolute Gasteiger partial charge is 0.151 e. The molecular formula is C6H6N4. The number of nitrogens with two attached hydrogens (primary N) is 1. The highest BCUT2D eigenvalue weighted by Gasteiger charge is 2.09. The molecule has 2 heterocycles. The quantitative estimate of drug-likeness (QED) is 0.555. The number of nitrogen functional groups attached to an aromatic ring is 1. The van der Waals surface area contributed by atoms with Gasteiger partial charge in [0, 0.05) is 18.2 Å². The average Bonchev–Trinajstić information content (AvgIpc) is 2.36. The number of nitrogens with zero attached hydrogens (tertiary/aromatic N) is 3. The second-order valence-corrected chi connectivity index (χ2v) is 2.11. The van der Waals surface area contributed by atoms with Crippen LogP contribution in [0.25, 0.3) is 0 Å². The van der Waals surface area contributed by atoms with E-state index in [1.165, 1.54) is 0 Å². The number of anilines is 1. The monoisotopic (exact) mass is 134 g/mol. The van der Waals surface area contributed by atoms with E-state index in [1.54, 1.807) is 6.20 Å². The molecule has 1 aliphatic rings. The summed E-state index contributed by atoms with van der Waals surface area (Å²) in [5.41, 5.74) is 7.37. The standard InChI is InChI=1S/C6H6N4/c7-6-4-1-2-8-5(4)3-9-10-6/h2-3H,1H2,(H2,7,10). The van der Waals surface area contributed by atoms with Crippen molar-refractivity contribution in [3.8, 4) is 0 Å². The van der Waals surface area contributed by atoms with E-state index in [0.717, 1.165) is 17.7 Å². The van der Waals surface area contributed by atoms with Crippen molar-refractivity contribution in [2.75, 3.05) is 5.73 Å². The molecule has 0 spiro atoms. The van der Waals surface area contributed by atoms with Gasteiger partial charge in [-0.05, 0) is 0 Å². The molecule has 0 atom stereocenters. The Labute approximate surface area is 57.8 Å². The van der Waals surface area contributed by atoms with Gasteiger partial charge in [0.1, 0.15) is 0 Å². The van der Waals surface area contributed by atoms with Gasteiger partial charge < -0.3 is 5.73 Å². The van der Waals surface area contributed by atoms with Gasteiger partial charge in [0.2, 0.25) is 0 Å². The molecule has 0 amide bonds. The summed E-state index contributed by atoms with van der Waals surface area (Å²) in [4.78, 5) is 4.05. The van der Waals surface area contributed by atoms with Gasteiger partial charge in [-0.1, -0.05) is 0 Å². The van der Waals surface area contributed by atoms with Crippen LogP contribution in [0.3, 0.4) is 0 Å². The van der Waals surface area contributed by atoms with E-state index in [1.807, 2.05) is 6.21 Å². The first-order chi connectivity index (χ1) is 4.88. The van der Waals surface area contributed by atoms with E-state index in [-0.39, 0.29) is 0 Å². The van der Waals surface area contributed by atoms with Crippen LogP contribution in [0.15, 0.2) is 11.2 Å². The molecule has 1 aliphatic heterocycles. The molecule has 50 valence electrons. The van der Waals surface area contributed by atoms with Crippen molar-refractivity contribution >= 4 is 17.7 Å². The summed E-state index contributed by atoms with van der Waals surface area (Å²) in [7, 11) is 0. The van der Waals surface area contributed by atoms with Gasteiger partial charge in [-0.3, -0.25) is 4.99 Å². The lowest BCUT2D eigenvalue weighted by Gasteiger charge is -1.96. The Balaban J connectivity index is 2.66. The summed E-state index contributed by atoms with van der Waals surface area (Å²) >= 11 is 0. The summed E-state index contributed by atoms with van der Waals surface area (Å²) < 4.78 is 0. The summed E-state index contributed by atoms with van der Waals surface area (Å²) in [6.07, 6.45) is 4.22. The largest absolute Gasteiger partial charge is 0.382 e. The zero-order valence-corrected chi connectivity index (χ0v) is 5.28. The first-order valence-electron chi connectivity index (χ1n) is 3.00. The molecule has 0 bridgehead atoms. The van der Waals surface area contributed by atoms with Crippen molar-refractivity contribution in [1.29, 1.82) is 0 Å². The number of hydrogen-bond donors (Lipinski definition) is 1. The van der Waals surface area contributed by atoms with Crippen LogP contribution >= 0.6 is 0 Å². The zero-order valence-electron chi connectivity index (χ0n) is 5.28. The Kier molecular flexibility index (Phi) is 0.943. The topological polar surface area (TPSA) is 64.2 Å². The minimum Gasteiger partial charge on any atom is -0.382 e. The Morgan fingerprint density at radius 3 is 3.20 bits per heavy atom. The molecule has 0 fully saturated rings. The fourth-order valence-corrected chi connectivity index (χ4v) is 0.971. The van der Waals surface area contributed by atoms with Crippen LogP contribution in [-0.4, -0.2) is 16.4 Å². The maximum atomic E-state index is 5.52. The Bertz CT molecular complexity index is 292. The lowest BCUT2D eigenvalue weighted by atomic mass is 10.2. The van der Waals surface area contributed by atoms with Crippen LogP contribution in [0.5, 0.6) is 0 Å². The molecule has 2 N–H and O–H groups in total. The molecular weight excluding hydrogens is 128 g/mol. The number of aromatic nitrogens is 2. The van der Waals surface area contributed by atoms with Crippen molar-refractivity contribution < 1.29 is 0 Å². The summed E-state index contributed by atoms with van der Waals surface area (Å²) in [6, 6.07) is 0. The number of fused-ring (bicyclic) bond motifs is 1. The van der Waals surface area contributed by atoms with E-state index in [9.17, 15) is 0 Å². The molecule has 4 heteroatoms. The maximum absolute atomic E-state index is 5.52. The van der Waals surface area contributed by atoms with Crippen LogP contribution in [0, 0.1) is 0 Å². The third-order valence-electron chi connectivity index (χ3n) is 1.49. The van der Waals surface area contributed by atoms with Gasteiger partial charge in [0.25, 0.3) is 0 Å². The normalized spacial score (nSPS) is 13.6. The van der Waals surface area contributed by atoms with Gasteiger partial charge in [-0.15, -0.1) is 5.10 Å². The first-order valence-corrected chi connectivity index (χ1v) is 3.00. The van der Waals surface area contributed by atoms with Crippen molar-refractivity contribution in [3.05, 3.63) is 11.8 Å². The van der Waals surface area contributed by atoms with E-state index in [4.69, 9.17) is 5.73 Å². The number of aliphatic imine (C=N–C) groups is 1. The molecule has 0 radical (unpaired) electrons. The van der Waals surface area contributed by atoms with Crippen molar-refractivity contribution in [2.24, 2.45) is 4.99 Å². The number of rotatable bonds is 0.